The minimum Gasteiger partial charge on any atom is -0.300 e. The Labute approximate surface area is 184 Å². The van der Waals surface area contributed by atoms with Crippen LogP contribution >= 0.6 is 0 Å². The maximum Gasteiger partial charge on any atom is 0.144 e. The average Bonchev–Trinajstić information content (AvgIpc) is 3.54. The zero-order valence-electron chi connectivity index (χ0n) is 18.3. The lowest BCUT2D eigenvalue weighted by Gasteiger charge is -2.21. The second-order valence-corrected chi connectivity index (χ2v) is 9.59. The number of benzene rings is 3. The lowest BCUT2D eigenvalue weighted by atomic mass is 9.82. The maximum absolute atomic E-state index is 4.81. The Morgan fingerprint density at radius 3 is 2.45 bits per heavy atom. The van der Waals surface area contributed by atoms with Crippen LogP contribution in [0.15, 0.2) is 79.1 Å². The van der Waals surface area contributed by atoms with Crippen LogP contribution in [0.3, 0.4) is 0 Å². The number of fused-ring (bicyclic) bond motifs is 3. The molecule has 0 saturated heterocycles. The molecule has 2 aliphatic carbocycles. The van der Waals surface area contributed by atoms with E-state index in [9.17, 15) is 0 Å². The largest absolute Gasteiger partial charge is 0.300 e. The van der Waals surface area contributed by atoms with Crippen LogP contribution in [-0.4, -0.2) is 9.55 Å². The Morgan fingerprint density at radius 1 is 0.839 bits per heavy atom. The Morgan fingerprint density at radius 2 is 1.58 bits per heavy atom. The molecule has 1 saturated carbocycles. The molecule has 2 aliphatic rings. The molecule has 0 amide bonds. The van der Waals surface area contributed by atoms with Crippen molar-refractivity contribution in [2.75, 3.05) is 0 Å². The van der Waals surface area contributed by atoms with Crippen molar-refractivity contribution in [1.29, 1.82) is 0 Å². The number of hydrogen-bond donors (Lipinski definition) is 0. The molecular weight excluding hydrogens is 376 g/mol. The molecule has 1 heterocycles. The van der Waals surface area contributed by atoms with Crippen molar-refractivity contribution in [3.8, 4) is 28.2 Å². The number of nitrogens with zero attached hydrogens (tertiary/aromatic N) is 2. The minimum atomic E-state index is 0.0367. The summed E-state index contributed by atoms with van der Waals surface area (Å²) in [5.74, 6) is 1.69. The highest BCUT2D eigenvalue weighted by atomic mass is 15.1. The van der Waals surface area contributed by atoms with E-state index in [2.05, 4.69) is 91.3 Å². The van der Waals surface area contributed by atoms with Crippen LogP contribution in [0.1, 0.15) is 62.1 Å². The zero-order valence-corrected chi connectivity index (χ0v) is 18.3. The van der Waals surface area contributed by atoms with Gasteiger partial charge in [0.05, 0.1) is 5.69 Å². The molecule has 1 fully saturated rings. The molecule has 2 heteroatoms. The summed E-state index contributed by atoms with van der Waals surface area (Å²) in [5.41, 5.74) is 9.48. The van der Waals surface area contributed by atoms with Gasteiger partial charge in [0.25, 0.3) is 0 Å². The van der Waals surface area contributed by atoms with Crippen molar-refractivity contribution >= 4 is 0 Å². The van der Waals surface area contributed by atoms with Crippen LogP contribution in [0.4, 0.5) is 0 Å². The number of imidazole rings is 1. The molecule has 2 nitrogen and oxygen atoms in total. The van der Waals surface area contributed by atoms with E-state index in [-0.39, 0.29) is 5.41 Å². The fraction of sp³-hybridized carbons (Fsp3) is 0.276. The minimum absolute atomic E-state index is 0.0367. The molecule has 0 N–H and O–H groups in total. The Kier molecular flexibility index (Phi) is 4.17. The van der Waals surface area contributed by atoms with E-state index < -0.39 is 0 Å². The van der Waals surface area contributed by atoms with E-state index in [0.29, 0.717) is 5.92 Å². The van der Waals surface area contributed by atoms with Gasteiger partial charge in [-0.15, -0.1) is 0 Å². The summed E-state index contributed by atoms with van der Waals surface area (Å²) in [4.78, 5) is 4.81. The summed E-state index contributed by atoms with van der Waals surface area (Å²) < 4.78 is 2.29. The summed E-state index contributed by atoms with van der Waals surface area (Å²) in [5, 5.41) is 0. The SMILES string of the molecule is CC1(C)c2ccccc2-c2cc(-c3nccn3-c3ccccc3C3CCCC3)ccc21. The van der Waals surface area contributed by atoms with Crippen molar-refractivity contribution in [2.45, 2.75) is 50.9 Å². The zero-order chi connectivity index (χ0) is 21.0. The Balaban J connectivity index is 1.49. The van der Waals surface area contributed by atoms with Crippen LogP contribution in [0.5, 0.6) is 0 Å². The van der Waals surface area contributed by atoms with Gasteiger partial charge in [0, 0.05) is 23.4 Å². The first-order chi connectivity index (χ1) is 15.1. The lowest BCUT2D eigenvalue weighted by Crippen LogP contribution is -2.14. The average molecular weight is 405 g/mol. The predicted octanol–water partition coefficient (Wildman–Crippen LogP) is 7.50. The smallest absolute Gasteiger partial charge is 0.144 e. The van der Waals surface area contributed by atoms with Crippen LogP contribution in [-0.2, 0) is 5.41 Å². The number of rotatable bonds is 3. The fourth-order valence-corrected chi connectivity index (χ4v) is 5.86. The van der Waals surface area contributed by atoms with Crippen molar-refractivity contribution in [1.82, 2.24) is 9.55 Å². The van der Waals surface area contributed by atoms with Crippen LogP contribution in [0.2, 0.25) is 0 Å². The van der Waals surface area contributed by atoms with Crippen molar-refractivity contribution in [2.24, 2.45) is 0 Å². The van der Waals surface area contributed by atoms with Gasteiger partial charge >= 0.3 is 0 Å². The predicted molar refractivity (Wildman–Crippen MR) is 128 cm³/mol. The van der Waals surface area contributed by atoms with Gasteiger partial charge in [0.15, 0.2) is 0 Å². The first kappa shape index (κ1) is 18.6. The van der Waals surface area contributed by atoms with Crippen LogP contribution in [0.25, 0.3) is 28.2 Å². The van der Waals surface area contributed by atoms with E-state index in [1.165, 1.54) is 64.8 Å². The van der Waals surface area contributed by atoms with Gasteiger partial charge in [-0.05, 0) is 58.7 Å². The number of hydrogen-bond acceptors (Lipinski definition) is 1. The molecular formula is C29H28N2. The monoisotopic (exact) mass is 404 g/mol. The summed E-state index contributed by atoms with van der Waals surface area (Å²) in [6, 6.07) is 24.6. The number of aromatic nitrogens is 2. The van der Waals surface area contributed by atoms with E-state index >= 15 is 0 Å². The summed E-state index contributed by atoms with van der Waals surface area (Å²) >= 11 is 0. The van der Waals surface area contributed by atoms with Crippen LogP contribution < -0.4 is 0 Å². The Bertz CT molecular complexity index is 1270. The summed E-state index contributed by atoms with van der Waals surface area (Å²) in [6.45, 7) is 4.66. The van der Waals surface area contributed by atoms with E-state index in [4.69, 9.17) is 4.98 Å². The molecule has 154 valence electrons. The van der Waals surface area contributed by atoms with E-state index in [1.807, 2.05) is 6.20 Å². The topological polar surface area (TPSA) is 17.8 Å². The second kappa shape index (κ2) is 6.95. The standard InChI is InChI=1S/C29H28N2/c1-29(2)25-13-7-5-12-23(25)24-19-21(15-16-26(24)29)28-30-17-18-31(28)27-14-8-6-11-22(27)20-9-3-4-10-20/h5-8,11-20H,3-4,9-10H2,1-2H3. The maximum atomic E-state index is 4.81. The highest BCUT2D eigenvalue weighted by Crippen LogP contribution is 2.49. The molecule has 6 rings (SSSR count). The molecule has 3 aromatic carbocycles. The van der Waals surface area contributed by atoms with Gasteiger partial charge in [0.2, 0.25) is 0 Å². The first-order valence-electron chi connectivity index (χ1n) is 11.5. The lowest BCUT2D eigenvalue weighted by molar-refractivity contribution is 0.660. The van der Waals surface area contributed by atoms with E-state index in [1.54, 1.807) is 0 Å². The van der Waals surface area contributed by atoms with Gasteiger partial charge in [-0.2, -0.15) is 0 Å². The fourth-order valence-electron chi connectivity index (χ4n) is 5.86. The Hall–Kier alpha value is -3.13. The normalized spacial score (nSPS) is 17.0. The molecule has 4 aromatic rings. The molecule has 0 radical (unpaired) electrons. The second-order valence-electron chi connectivity index (χ2n) is 9.59. The highest BCUT2D eigenvalue weighted by molar-refractivity contribution is 5.83. The van der Waals surface area contributed by atoms with Crippen molar-refractivity contribution < 1.29 is 0 Å². The highest BCUT2D eigenvalue weighted by Gasteiger charge is 2.35. The molecule has 31 heavy (non-hydrogen) atoms. The third-order valence-electron chi connectivity index (χ3n) is 7.47. The molecule has 0 bridgehead atoms. The van der Waals surface area contributed by atoms with Crippen molar-refractivity contribution in [3.05, 3.63) is 95.8 Å². The van der Waals surface area contributed by atoms with Gasteiger partial charge in [-0.3, -0.25) is 4.57 Å². The molecule has 0 aliphatic heterocycles. The van der Waals surface area contributed by atoms with E-state index in [0.717, 1.165) is 5.82 Å². The first-order valence-corrected chi connectivity index (χ1v) is 11.5. The molecule has 0 spiro atoms. The van der Waals surface area contributed by atoms with Crippen LogP contribution in [0, 0.1) is 0 Å². The van der Waals surface area contributed by atoms with Gasteiger partial charge in [-0.1, -0.05) is 81.3 Å². The van der Waals surface area contributed by atoms with Crippen molar-refractivity contribution in [3.63, 3.8) is 0 Å². The third kappa shape index (κ3) is 2.81. The third-order valence-corrected chi connectivity index (χ3v) is 7.47. The number of para-hydroxylation sites is 1. The summed E-state index contributed by atoms with van der Waals surface area (Å²) in [7, 11) is 0. The molecule has 0 atom stereocenters. The molecule has 0 unspecified atom stereocenters. The van der Waals surface area contributed by atoms with Gasteiger partial charge in [-0.25, -0.2) is 4.98 Å². The quantitative estimate of drug-likeness (QED) is 0.345. The van der Waals surface area contributed by atoms with Gasteiger partial charge < -0.3 is 0 Å². The summed E-state index contributed by atoms with van der Waals surface area (Å²) in [6.07, 6.45) is 9.34. The van der Waals surface area contributed by atoms with Gasteiger partial charge in [0.1, 0.15) is 5.82 Å². The molecule has 1 aromatic heterocycles.